The van der Waals surface area contributed by atoms with E-state index in [9.17, 15) is 29.0 Å². The summed E-state index contributed by atoms with van der Waals surface area (Å²) in [5.41, 5.74) is -0.662. The standard InChI is InChI=1S/C23H20ClFN2O6/c24-15-5-6-17(25)16(7-15)14-3-1-13(2-4-14)8-23(10-22(11-23,12-28)20(30)31)27-19(29)18-9-26-21(32)33-18/h1-7,9,28H,8,10-12H2,(H,26,32)(H,27,29)(H,30,31). The lowest BCUT2D eigenvalue weighted by Gasteiger charge is -2.53. The molecule has 0 unspecified atom stereocenters. The number of H-pyrrole nitrogens is 1. The quantitative estimate of drug-likeness (QED) is 0.416. The molecular weight excluding hydrogens is 455 g/mol. The fraction of sp³-hybridized carbons (Fsp3) is 0.261. The molecular formula is C23H20ClFN2O6. The van der Waals surface area contributed by atoms with E-state index in [0.29, 0.717) is 16.1 Å². The molecule has 0 saturated heterocycles. The molecule has 33 heavy (non-hydrogen) atoms. The lowest BCUT2D eigenvalue weighted by atomic mass is 9.55. The third-order valence-electron chi connectivity index (χ3n) is 5.97. The third-order valence-corrected chi connectivity index (χ3v) is 6.21. The molecule has 8 nitrogen and oxygen atoms in total. The van der Waals surface area contributed by atoms with Gasteiger partial charge in [-0.3, -0.25) is 14.6 Å². The molecule has 1 heterocycles. The first kappa shape index (κ1) is 22.8. The van der Waals surface area contributed by atoms with Gasteiger partial charge in [-0.25, -0.2) is 9.18 Å². The molecule has 4 rings (SSSR count). The largest absolute Gasteiger partial charge is 0.481 e. The zero-order valence-corrected chi connectivity index (χ0v) is 18.0. The van der Waals surface area contributed by atoms with Crippen LogP contribution in [0.2, 0.25) is 5.02 Å². The number of carboxylic acids is 1. The van der Waals surface area contributed by atoms with Gasteiger partial charge in [-0.15, -0.1) is 0 Å². The molecule has 10 heteroatoms. The van der Waals surface area contributed by atoms with Crippen LogP contribution in [0.3, 0.4) is 0 Å². The first-order valence-corrected chi connectivity index (χ1v) is 10.4. The van der Waals surface area contributed by atoms with Crippen LogP contribution in [0, 0.1) is 11.2 Å². The molecule has 0 radical (unpaired) electrons. The van der Waals surface area contributed by atoms with Crippen LogP contribution < -0.4 is 11.1 Å². The summed E-state index contributed by atoms with van der Waals surface area (Å²) >= 11 is 5.97. The number of aliphatic hydroxyl groups excluding tert-OH is 1. The number of hydrogen-bond acceptors (Lipinski definition) is 5. The summed E-state index contributed by atoms with van der Waals surface area (Å²) in [6.45, 7) is -0.577. The number of carbonyl (C=O) groups excluding carboxylic acids is 1. The van der Waals surface area contributed by atoms with Gasteiger partial charge >= 0.3 is 11.7 Å². The summed E-state index contributed by atoms with van der Waals surface area (Å²) in [6, 6.07) is 11.2. The van der Waals surface area contributed by atoms with E-state index in [2.05, 4.69) is 10.3 Å². The fourth-order valence-corrected chi connectivity index (χ4v) is 4.61. The summed E-state index contributed by atoms with van der Waals surface area (Å²) < 4.78 is 19.0. The SMILES string of the molecule is O=C(NC1(Cc2ccc(-c3cc(Cl)ccc3F)cc2)CC(CO)(C(=O)O)C1)c1c[nH]c(=O)o1. The molecule has 2 aromatic carbocycles. The molecule has 1 fully saturated rings. The highest BCUT2D eigenvalue weighted by Gasteiger charge is 2.59. The highest BCUT2D eigenvalue weighted by molar-refractivity contribution is 6.30. The zero-order chi connectivity index (χ0) is 23.8. The Hall–Kier alpha value is -3.43. The molecule has 1 aromatic heterocycles. The van der Waals surface area contributed by atoms with Gasteiger partial charge in [-0.1, -0.05) is 35.9 Å². The highest BCUT2D eigenvalue weighted by Crippen LogP contribution is 2.50. The number of aromatic nitrogens is 1. The predicted molar refractivity (Wildman–Crippen MR) is 116 cm³/mol. The Bertz CT molecular complexity index is 1260. The summed E-state index contributed by atoms with van der Waals surface area (Å²) in [5, 5.41) is 22.4. The van der Waals surface area contributed by atoms with Crippen molar-refractivity contribution in [2.75, 3.05) is 6.61 Å². The second kappa shape index (κ2) is 8.49. The number of aromatic amines is 1. The Morgan fingerprint density at radius 1 is 1.18 bits per heavy atom. The van der Waals surface area contributed by atoms with Crippen molar-refractivity contribution in [2.24, 2.45) is 5.41 Å². The molecule has 3 aromatic rings. The number of carboxylic acid groups (broad SMARTS) is 1. The maximum Gasteiger partial charge on any atom is 0.416 e. The number of aliphatic hydroxyl groups is 1. The van der Waals surface area contributed by atoms with Crippen molar-refractivity contribution in [1.29, 1.82) is 0 Å². The molecule has 1 aliphatic carbocycles. The summed E-state index contributed by atoms with van der Waals surface area (Å²) in [4.78, 5) is 37.8. The van der Waals surface area contributed by atoms with Crippen LogP contribution in [0.4, 0.5) is 4.39 Å². The Morgan fingerprint density at radius 2 is 1.88 bits per heavy atom. The number of amides is 1. The maximum absolute atomic E-state index is 14.2. The lowest BCUT2D eigenvalue weighted by Crippen LogP contribution is -2.66. The van der Waals surface area contributed by atoms with E-state index in [1.807, 2.05) is 0 Å². The van der Waals surface area contributed by atoms with Crippen molar-refractivity contribution in [3.05, 3.63) is 81.4 Å². The second-order valence-corrected chi connectivity index (χ2v) is 8.81. The summed E-state index contributed by atoms with van der Waals surface area (Å²) in [7, 11) is 0. The van der Waals surface area contributed by atoms with E-state index in [1.54, 1.807) is 24.3 Å². The van der Waals surface area contributed by atoms with Gasteiger partial charge < -0.3 is 19.9 Å². The normalized spacial score (nSPS) is 21.9. The second-order valence-electron chi connectivity index (χ2n) is 8.37. The van der Waals surface area contributed by atoms with Crippen LogP contribution in [-0.4, -0.2) is 39.2 Å². The van der Waals surface area contributed by atoms with Gasteiger partial charge in [0.1, 0.15) is 5.82 Å². The Kier molecular flexibility index (Phi) is 5.85. The Morgan fingerprint density at radius 3 is 2.45 bits per heavy atom. The van der Waals surface area contributed by atoms with Crippen molar-refractivity contribution < 1.29 is 28.6 Å². The van der Waals surface area contributed by atoms with Crippen LogP contribution in [0.1, 0.15) is 29.0 Å². The van der Waals surface area contributed by atoms with Crippen LogP contribution in [0.15, 0.2) is 57.9 Å². The van der Waals surface area contributed by atoms with E-state index >= 15 is 0 Å². The van der Waals surface area contributed by atoms with Crippen molar-refractivity contribution in [2.45, 2.75) is 24.8 Å². The van der Waals surface area contributed by atoms with Gasteiger partial charge in [0.2, 0.25) is 5.76 Å². The van der Waals surface area contributed by atoms with Gasteiger partial charge in [0.15, 0.2) is 0 Å². The monoisotopic (exact) mass is 474 g/mol. The number of nitrogens with one attached hydrogen (secondary N) is 2. The van der Waals surface area contributed by atoms with Crippen molar-refractivity contribution in [3.8, 4) is 11.1 Å². The Balaban J connectivity index is 1.59. The Labute approximate surface area is 192 Å². The predicted octanol–water partition coefficient (Wildman–Crippen LogP) is 3.00. The average Bonchev–Trinajstić information content (AvgIpc) is 3.20. The minimum Gasteiger partial charge on any atom is -0.481 e. The van der Waals surface area contributed by atoms with Crippen molar-refractivity contribution >= 4 is 23.5 Å². The fourth-order valence-electron chi connectivity index (χ4n) is 4.44. The summed E-state index contributed by atoms with van der Waals surface area (Å²) in [6.07, 6.45) is 1.34. The summed E-state index contributed by atoms with van der Waals surface area (Å²) in [5.74, 6) is -3.28. The molecule has 1 amide bonds. The van der Waals surface area contributed by atoms with Crippen LogP contribution in [0.25, 0.3) is 11.1 Å². The van der Waals surface area contributed by atoms with E-state index < -0.39 is 41.0 Å². The smallest absolute Gasteiger partial charge is 0.416 e. The molecule has 1 saturated carbocycles. The number of halogens is 2. The van der Waals surface area contributed by atoms with Crippen LogP contribution in [0.5, 0.6) is 0 Å². The van der Waals surface area contributed by atoms with E-state index in [0.717, 1.165) is 11.8 Å². The third kappa shape index (κ3) is 4.42. The number of hydrogen-bond donors (Lipinski definition) is 4. The first-order valence-electron chi connectivity index (χ1n) is 10.1. The van der Waals surface area contributed by atoms with Crippen molar-refractivity contribution in [1.82, 2.24) is 10.3 Å². The number of carbonyl (C=O) groups is 2. The zero-order valence-electron chi connectivity index (χ0n) is 17.2. The number of benzene rings is 2. The molecule has 0 bridgehead atoms. The average molecular weight is 475 g/mol. The molecule has 4 N–H and O–H groups in total. The van der Waals surface area contributed by atoms with E-state index in [-0.39, 0.29) is 25.0 Å². The van der Waals surface area contributed by atoms with Crippen LogP contribution >= 0.6 is 11.6 Å². The lowest BCUT2D eigenvalue weighted by molar-refractivity contribution is -0.165. The molecule has 1 aliphatic rings. The first-order chi connectivity index (χ1) is 15.7. The maximum atomic E-state index is 14.2. The molecule has 0 spiro atoms. The van der Waals surface area contributed by atoms with Gasteiger partial charge in [0, 0.05) is 16.1 Å². The molecule has 0 aliphatic heterocycles. The number of rotatable bonds is 7. The highest BCUT2D eigenvalue weighted by atomic mass is 35.5. The minimum atomic E-state index is -1.38. The van der Waals surface area contributed by atoms with Gasteiger partial charge in [0.05, 0.1) is 18.2 Å². The number of oxazole rings is 1. The molecule has 172 valence electrons. The topological polar surface area (TPSA) is 133 Å². The van der Waals surface area contributed by atoms with E-state index in [4.69, 9.17) is 16.0 Å². The van der Waals surface area contributed by atoms with Crippen LogP contribution in [-0.2, 0) is 11.2 Å². The van der Waals surface area contributed by atoms with Crippen molar-refractivity contribution in [3.63, 3.8) is 0 Å². The van der Waals surface area contributed by atoms with E-state index in [1.165, 1.54) is 18.2 Å². The van der Waals surface area contributed by atoms with Gasteiger partial charge in [-0.2, -0.15) is 0 Å². The molecule has 0 atom stereocenters. The van der Waals surface area contributed by atoms with Gasteiger partial charge in [0.25, 0.3) is 5.91 Å². The number of aliphatic carboxylic acids is 1. The van der Waals surface area contributed by atoms with Gasteiger partial charge in [-0.05, 0) is 48.6 Å². The minimum absolute atomic E-state index is 0.0170.